The molecule has 0 fully saturated rings. The summed E-state index contributed by atoms with van der Waals surface area (Å²) in [5.41, 5.74) is 3.06. The molecule has 0 radical (unpaired) electrons. The van der Waals surface area contributed by atoms with E-state index >= 15 is 0 Å². The van der Waals surface area contributed by atoms with E-state index in [4.69, 9.17) is 0 Å². The molecule has 2 aromatic rings. The average molecular weight is 269 g/mol. The molecular formula is C16H19N3O. The van der Waals surface area contributed by atoms with Crippen LogP contribution in [0.1, 0.15) is 18.9 Å². The van der Waals surface area contributed by atoms with Gasteiger partial charge < -0.3 is 5.32 Å². The Hall–Kier alpha value is -2.36. The number of benzene rings is 1. The number of hydrogen-bond donors (Lipinski definition) is 1. The fraction of sp³-hybridized carbons (Fsp3) is 0.250. The Balaban J connectivity index is 1.85. The van der Waals surface area contributed by atoms with Crippen LogP contribution in [0.25, 0.3) is 0 Å². The van der Waals surface area contributed by atoms with E-state index in [-0.39, 0.29) is 5.91 Å². The van der Waals surface area contributed by atoms with Crippen LogP contribution >= 0.6 is 0 Å². The lowest BCUT2D eigenvalue weighted by Crippen LogP contribution is -2.08. The minimum absolute atomic E-state index is 0.108. The highest BCUT2D eigenvalue weighted by Crippen LogP contribution is 2.09. The lowest BCUT2D eigenvalue weighted by Gasteiger charge is -2.03. The summed E-state index contributed by atoms with van der Waals surface area (Å²) >= 11 is 0. The highest BCUT2D eigenvalue weighted by Gasteiger charge is 2.02. The second-order valence-corrected chi connectivity index (χ2v) is 4.87. The summed E-state index contributed by atoms with van der Waals surface area (Å²) in [5, 5.41) is 6.80. The molecule has 1 heterocycles. The molecule has 0 saturated heterocycles. The molecule has 104 valence electrons. The van der Waals surface area contributed by atoms with Crippen LogP contribution in [0, 0.1) is 0 Å². The Morgan fingerprint density at radius 3 is 2.75 bits per heavy atom. The maximum Gasteiger partial charge on any atom is 0.248 e. The smallest absolute Gasteiger partial charge is 0.248 e. The minimum Gasteiger partial charge on any atom is -0.320 e. The Kier molecular flexibility index (Phi) is 4.71. The predicted octanol–water partition coefficient (Wildman–Crippen LogP) is 2.94. The summed E-state index contributed by atoms with van der Waals surface area (Å²) in [6.45, 7) is 1.98. The predicted molar refractivity (Wildman–Crippen MR) is 80.4 cm³/mol. The van der Waals surface area contributed by atoms with Crippen LogP contribution in [-0.2, 0) is 18.3 Å². The summed E-state index contributed by atoms with van der Waals surface area (Å²) in [6.07, 6.45) is 6.87. The molecule has 20 heavy (non-hydrogen) atoms. The number of hydrogen-bond acceptors (Lipinski definition) is 2. The Labute approximate surface area is 119 Å². The van der Waals surface area contributed by atoms with Crippen LogP contribution in [0.3, 0.4) is 0 Å². The van der Waals surface area contributed by atoms with Crippen molar-refractivity contribution >= 4 is 11.6 Å². The van der Waals surface area contributed by atoms with E-state index in [1.807, 2.05) is 32.2 Å². The first-order chi connectivity index (χ1) is 9.63. The van der Waals surface area contributed by atoms with Gasteiger partial charge in [0.05, 0.1) is 11.9 Å². The second kappa shape index (κ2) is 6.70. The standard InChI is InChI=1S/C16H19N3O/c1-13(8-9-14-6-4-3-5-7-14)10-16(20)18-15-11-17-19(2)12-15/h3-7,10-12H,8-9H2,1-2H3,(H,18,20)/b13-10+. The fourth-order valence-corrected chi connectivity index (χ4v) is 1.95. The average Bonchev–Trinajstić information content (AvgIpc) is 2.83. The third-order valence-electron chi connectivity index (χ3n) is 3.00. The van der Waals surface area contributed by atoms with Crippen molar-refractivity contribution in [2.75, 3.05) is 5.32 Å². The molecule has 0 atom stereocenters. The highest BCUT2D eigenvalue weighted by atomic mass is 16.1. The molecule has 1 aromatic carbocycles. The van der Waals surface area contributed by atoms with E-state index in [2.05, 4.69) is 22.5 Å². The lowest BCUT2D eigenvalue weighted by molar-refractivity contribution is -0.112. The zero-order valence-electron chi connectivity index (χ0n) is 11.8. The van der Waals surface area contributed by atoms with E-state index in [1.165, 1.54) is 5.56 Å². The van der Waals surface area contributed by atoms with Gasteiger partial charge in [0, 0.05) is 19.3 Å². The first-order valence-electron chi connectivity index (χ1n) is 6.64. The molecule has 0 aliphatic heterocycles. The van der Waals surface area contributed by atoms with Crippen molar-refractivity contribution in [1.82, 2.24) is 9.78 Å². The van der Waals surface area contributed by atoms with E-state index in [0.29, 0.717) is 5.69 Å². The number of nitrogens with one attached hydrogen (secondary N) is 1. The van der Waals surface area contributed by atoms with Crippen LogP contribution < -0.4 is 5.32 Å². The second-order valence-electron chi connectivity index (χ2n) is 4.87. The molecule has 4 nitrogen and oxygen atoms in total. The van der Waals surface area contributed by atoms with Crippen molar-refractivity contribution in [3.8, 4) is 0 Å². The van der Waals surface area contributed by atoms with Crippen molar-refractivity contribution in [2.24, 2.45) is 7.05 Å². The summed E-state index contributed by atoms with van der Waals surface area (Å²) in [4.78, 5) is 11.8. The van der Waals surface area contributed by atoms with Gasteiger partial charge in [0.2, 0.25) is 5.91 Å². The maximum atomic E-state index is 11.8. The molecule has 0 spiro atoms. The van der Waals surface area contributed by atoms with Crippen LogP contribution in [0.5, 0.6) is 0 Å². The number of allylic oxidation sites excluding steroid dienone is 1. The third-order valence-corrected chi connectivity index (χ3v) is 3.00. The Bertz CT molecular complexity index is 599. The van der Waals surface area contributed by atoms with Crippen molar-refractivity contribution < 1.29 is 4.79 Å². The van der Waals surface area contributed by atoms with Crippen molar-refractivity contribution in [2.45, 2.75) is 19.8 Å². The van der Waals surface area contributed by atoms with E-state index in [0.717, 1.165) is 18.4 Å². The number of amides is 1. The van der Waals surface area contributed by atoms with Gasteiger partial charge in [-0.25, -0.2) is 0 Å². The summed E-state index contributed by atoms with van der Waals surface area (Å²) in [7, 11) is 1.82. The molecule has 1 N–H and O–H groups in total. The normalized spacial score (nSPS) is 11.4. The van der Waals surface area contributed by atoms with Crippen LogP contribution in [0.2, 0.25) is 0 Å². The molecule has 2 rings (SSSR count). The first kappa shape index (κ1) is 14.1. The molecule has 0 aliphatic carbocycles. The van der Waals surface area contributed by atoms with Gasteiger partial charge >= 0.3 is 0 Å². The van der Waals surface area contributed by atoms with Gasteiger partial charge in [-0.3, -0.25) is 9.48 Å². The molecular weight excluding hydrogens is 250 g/mol. The number of aryl methyl sites for hydroxylation is 2. The zero-order valence-corrected chi connectivity index (χ0v) is 11.8. The molecule has 0 unspecified atom stereocenters. The van der Waals surface area contributed by atoms with Gasteiger partial charge in [0.25, 0.3) is 0 Å². The molecule has 0 bridgehead atoms. The summed E-state index contributed by atoms with van der Waals surface area (Å²) < 4.78 is 1.65. The molecule has 0 saturated carbocycles. The van der Waals surface area contributed by atoms with Gasteiger partial charge in [0.15, 0.2) is 0 Å². The van der Waals surface area contributed by atoms with Crippen LogP contribution in [0.15, 0.2) is 54.4 Å². The maximum absolute atomic E-state index is 11.8. The Morgan fingerprint density at radius 2 is 2.10 bits per heavy atom. The zero-order chi connectivity index (χ0) is 14.4. The SMILES string of the molecule is C/C(=C\C(=O)Nc1cnn(C)c1)CCc1ccccc1. The monoisotopic (exact) mass is 269 g/mol. The van der Waals surface area contributed by atoms with Gasteiger partial charge in [-0.2, -0.15) is 5.10 Å². The van der Waals surface area contributed by atoms with Gasteiger partial charge in [-0.05, 0) is 25.3 Å². The third kappa shape index (κ3) is 4.39. The molecule has 0 aliphatic rings. The Morgan fingerprint density at radius 1 is 1.35 bits per heavy atom. The molecule has 1 amide bonds. The van der Waals surface area contributed by atoms with Crippen molar-refractivity contribution in [3.63, 3.8) is 0 Å². The fourth-order valence-electron chi connectivity index (χ4n) is 1.95. The van der Waals surface area contributed by atoms with Crippen LogP contribution in [-0.4, -0.2) is 15.7 Å². The lowest BCUT2D eigenvalue weighted by atomic mass is 10.1. The van der Waals surface area contributed by atoms with Gasteiger partial charge in [0.1, 0.15) is 0 Å². The number of carbonyl (C=O) groups is 1. The first-order valence-corrected chi connectivity index (χ1v) is 6.64. The number of carbonyl (C=O) groups excluding carboxylic acids is 1. The topological polar surface area (TPSA) is 46.9 Å². The van der Waals surface area contributed by atoms with Crippen LogP contribution in [0.4, 0.5) is 5.69 Å². The van der Waals surface area contributed by atoms with Gasteiger partial charge in [-0.1, -0.05) is 35.9 Å². The minimum atomic E-state index is -0.108. The number of aromatic nitrogens is 2. The van der Waals surface area contributed by atoms with E-state index in [9.17, 15) is 4.79 Å². The summed E-state index contributed by atoms with van der Waals surface area (Å²) in [5.74, 6) is -0.108. The summed E-state index contributed by atoms with van der Waals surface area (Å²) in [6, 6.07) is 10.3. The van der Waals surface area contributed by atoms with Crippen molar-refractivity contribution in [3.05, 3.63) is 59.9 Å². The highest BCUT2D eigenvalue weighted by molar-refractivity contribution is 5.99. The largest absolute Gasteiger partial charge is 0.320 e. The molecule has 1 aromatic heterocycles. The molecule has 4 heteroatoms. The number of rotatable bonds is 5. The van der Waals surface area contributed by atoms with Crippen molar-refractivity contribution in [1.29, 1.82) is 0 Å². The quantitative estimate of drug-likeness (QED) is 0.848. The van der Waals surface area contributed by atoms with E-state index in [1.54, 1.807) is 23.2 Å². The number of anilines is 1. The van der Waals surface area contributed by atoms with E-state index < -0.39 is 0 Å². The van der Waals surface area contributed by atoms with Gasteiger partial charge in [-0.15, -0.1) is 0 Å². The number of nitrogens with zero attached hydrogens (tertiary/aromatic N) is 2.